The van der Waals surface area contributed by atoms with Gasteiger partial charge >= 0.3 is 0 Å². The zero-order valence-electron chi connectivity index (χ0n) is 11.4. The number of sulfone groups is 1. The Kier molecular flexibility index (Phi) is 3.59. The monoisotopic (exact) mass is 360 g/mol. The molecule has 0 saturated carbocycles. The second kappa shape index (κ2) is 5.28. The standard InChI is InChI=1S/C17H13BrO2S/c1-12-2-7-16(8-3-12)21(19,20)17-9-5-13-4-6-15(18)10-14(13)11-17/h2-11H,1H3. The minimum Gasteiger partial charge on any atom is -0.219 e. The van der Waals surface area contributed by atoms with E-state index in [-0.39, 0.29) is 0 Å². The summed E-state index contributed by atoms with van der Waals surface area (Å²) in [6.45, 7) is 1.93. The summed E-state index contributed by atoms with van der Waals surface area (Å²) < 4.78 is 26.3. The van der Waals surface area contributed by atoms with E-state index >= 15 is 0 Å². The van der Waals surface area contributed by atoms with E-state index in [1.54, 1.807) is 24.3 Å². The van der Waals surface area contributed by atoms with Crippen molar-refractivity contribution in [1.82, 2.24) is 0 Å². The van der Waals surface area contributed by atoms with E-state index in [2.05, 4.69) is 15.9 Å². The molecule has 0 fully saturated rings. The van der Waals surface area contributed by atoms with Crippen LogP contribution in [0.5, 0.6) is 0 Å². The minimum atomic E-state index is -3.48. The Balaban J connectivity index is 2.16. The van der Waals surface area contributed by atoms with Crippen LogP contribution >= 0.6 is 15.9 Å². The number of hydrogen-bond donors (Lipinski definition) is 0. The third-order valence-corrected chi connectivity index (χ3v) is 5.68. The molecular formula is C17H13BrO2S. The van der Waals surface area contributed by atoms with Crippen molar-refractivity contribution in [1.29, 1.82) is 0 Å². The van der Waals surface area contributed by atoms with E-state index in [9.17, 15) is 8.42 Å². The molecule has 0 atom stereocenters. The van der Waals surface area contributed by atoms with Gasteiger partial charge in [-0.05, 0) is 54.1 Å². The summed E-state index contributed by atoms with van der Waals surface area (Å²) in [5.74, 6) is 0. The van der Waals surface area contributed by atoms with Crippen LogP contribution in [0, 0.1) is 6.92 Å². The molecule has 0 spiro atoms. The van der Waals surface area contributed by atoms with Crippen LogP contribution in [0.4, 0.5) is 0 Å². The molecule has 4 heteroatoms. The van der Waals surface area contributed by atoms with E-state index in [0.29, 0.717) is 9.79 Å². The molecule has 0 bridgehead atoms. The van der Waals surface area contributed by atoms with Crippen molar-refractivity contribution in [3.8, 4) is 0 Å². The van der Waals surface area contributed by atoms with Gasteiger partial charge in [-0.2, -0.15) is 0 Å². The summed E-state index contributed by atoms with van der Waals surface area (Å²) >= 11 is 3.41. The topological polar surface area (TPSA) is 34.1 Å². The summed E-state index contributed by atoms with van der Waals surface area (Å²) in [6, 6.07) is 18.0. The number of aryl methyl sites for hydroxylation is 1. The lowest BCUT2D eigenvalue weighted by Gasteiger charge is -2.07. The van der Waals surface area contributed by atoms with E-state index < -0.39 is 9.84 Å². The zero-order chi connectivity index (χ0) is 15.0. The molecule has 0 aliphatic rings. The average Bonchev–Trinajstić information content (AvgIpc) is 2.47. The number of halogens is 1. The van der Waals surface area contributed by atoms with Crippen molar-refractivity contribution in [2.75, 3.05) is 0 Å². The summed E-state index contributed by atoms with van der Waals surface area (Å²) in [5, 5.41) is 1.92. The first-order chi connectivity index (χ1) is 9.96. The van der Waals surface area contributed by atoms with Crippen molar-refractivity contribution < 1.29 is 8.42 Å². The third kappa shape index (κ3) is 2.74. The van der Waals surface area contributed by atoms with Crippen LogP contribution in [0.1, 0.15) is 5.56 Å². The van der Waals surface area contributed by atoms with Gasteiger partial charge in [0.15, 0.2) is 0 Å². The largest absolute Gasteiger partial charge is 0.219 e. The molecule has 0 heterocycles. The van der Waals surface area contributed by atoms with Gasteiger partial charge in [0.2, 0.25) is 9.84 Å². The third-order valence-electron chi connectivity index (χ3n) is 3.42. The second-order valence-corrected chi connectivity index (χ2v) is 7.84. The molecule has 0 N–H and O–H groups in total. The van der Waals surface area contributed by atoms with E-state index in [4.69, 9.17) is 0 Å². The first-order valence-corrected chi connectivity index (χ1v) is 8.75. The predicted octanol–water partition coefficient (Wildman–Crippen LogP) is 4.74. The lowest BCUT2D eigenvalue weighted by Crippen LogP contribution is -2.01. The Labute approximate surface area is 132 Å². The molecule has 2 nitrogen and oxygen atoms in total. The van der Waals surface area contributed by atoms with Gasteiger partial charge < -0.3 is 0 Å². The number of fused-ring (bicyclic) bond motifs is 1. The smallest absolute Gasteiger partial charge is 0.206 e. The van der Waals surface area contributed by atoms with Gasteiger partial charge in [0, 0.05) is 4.47 Å². The number of rotatable bonds is 2. The van der Waals surface area contributed by atoms with Gasteiger partial charge in [0.1, 0.15) is 0 Å². The molecule has 0 saturated heterocycles. The Bertz CT molecular complexity index is 913. The van der Waals surface area contributed by atoms with Gasteiger partial charge in [-0.1, -0.05) is 45.8 Å². The summed E-state index contributed by atoms with van der Waals surface area (Å²) in [4.78, 5) is 0.638. The SMILES string of the molecule is Cc1ccc(S(=O)(=O)c2ccc3ccc(Br)cc3c2)cc1. The Morgan fingerprint density at radius 1 is 0.762 bits per heavy atom. The molecule has 0 aliphatic carbocycles. The van der Waals surface area contributed by atoms with Crippen molar-refractivity contribution in [2.45, 2.75) is 16.7 Å². The van der Waals surface area contributed by atoms with Gasteiger partial charge in [-0.3, -0.25) is 0 Å². The molecule has 0 aromatic heterocycles. The first-order valence-electron chi connectivity index (χ1n) is 6.48. The maximum Gasteiger partial charge on any atom is 0.206 e. The number of benzene rings is 3. The molecule has 0 radical (unpaired) electrons. The van der Waals surface area contributed by atoms with Crippen molar-refractivity contribution in [3.63, 3.8) is 0 Å². The lowest BCUT2D eigenvalue weighted by molar-refractivity contribution is 0.596. The Hall–Kier alpha value is -1.65. The predicted molar refractivity (Wildman–Crippen MR) is 88.3 cm³/mol. The van der Waals surface area contributed by atoms with Crippen molar-refractivity contribution in [3.05, 3.63) is 70.7 Å². The lowest BCUT2D eigenvalue weighted by atomic mass is 10.1. The highest BCUT2D eigenvalue weighted by Crippen LogP contribution is 2.26. The highest BCUT2D eigenvalue weighted by Gasteiger charge is 2.17. The second-order valence-electron chi connectivity index (χ2n) is 4.97. The van der Waals surface area contributed by atoms with Crippen LogP contribution in [-0.2, 0) is 9.84 Å². The molecule has 0 aliphatic heterocycles. The fourth-order valence-electron chi connectivity index (χ4n) is 2.22. The van der Waals surface area contributed by atoms with Gasteiger partial charge in [0.25, 0.3) is 0 Å². The van der Waals surface area contributed by atoms with E-state index in [1.807, 2.05) is 43.3 Å². The van der Waals surface area contributed by atoms with Crippen LogP contribution in [0.3, 0.4) is 0 Å². The highest BCUT2D eigenvalue weighted by atomic mass is 79.9. The van der Waals surface area contributed by atoms with Crippen LogP contribution in [0.25, 0.3) is 10.8 Å². The molecule has 3 rings (SSSR count). The molecule has 0 unspecified atom stereocenters. The summed E-state index contributed by atoms with van der Waals surface area (Å²) in [6.07, 6.45) is 0. The first kappa shape index (κ1) is 14.3. The van der Waals surface area contributed by atoms with Crippen LogP contribution in [0.2, 0.25) is 0 Å². The minimum absolute atomic E-state index is 0.317. The number of hydrogen-bond acceptors (Lipinski definition) is 2. The quantitative estimate of drug-likeness (QED) is 0.661. The molecular weight excluding hydrogens is 348 g/mol. The van der Waals surface area contributed by atoms with Crippen LogP contribution in [-0.4, -0.2) is 8.42 Å². The fourth-order valence-corrected chi connectivity index (χ4v) is 3.89. The van der Waals surface area contributed by atoms with Crippen LogP contribution < -0.4 is 0 Å². The van der Waals surface area contributed by atoms with Gasteiger partial charge in [-0.15, -0.1) is 0 Å². The molecule has 0 amide bonds. The fraction of sp³-hybridized carbons (Fsp3) is 0.0588. The van der Waals surface area contributed by atoms with Crippen molar-refractivity contribution >= 4 is 36.5 Å². The summed E-state index contributed by atoms with van der Waals surface area (Å²) in [7, 11) is -3.48. The molecule has 21 heavy (non-hydrogen) atoms. The average molecular weight is 361 g/mol. The highest BCUT2D eigenvalue weighted by molar-refractivity contribution is 9.10. The summed E-state index contributed by atoms with van der Waals surface area (Å²) in [5.41, 5.74) is 1.04. The van der Waals surface area contributed by atoms with Gasteiger partial charge in [0.05, 0.1) is 9.79 Å². The molecule has 3 aromatic carbocycles. The van der Waals surface area contributed by atoms with E-state index in [0.717, 1.165) is 20.8 Å². The maximum atomic E-state index is 12.7. The maximum absolute atomic E-state index is 12.7. The van der Waals surface area contributed by atoms with Crippen molar-refractivity contribution in [2.24, 2.45) is 0 Å². The Morgan fingerprint density at radius 3 is 2.10 bits per heavy atom. The zero-order valence-corrected chi connectivity index (χ0v) is 13.8. The van der Waals surface area contributed by atoms with Gasteiger partial charge in [-0.25, -0.2) is 8.42 Å². The Morgan fingerprint density at radius 2 is 1.38 bits per heavy atom. The van der Waals surface area contributed by atoms with Crippen LogP contribution in [0.15, 0.2) is 74.9 Å². The molecule has 106 valence electrons. The normalized spacial score (nSPS) is 11.7. The van der Waals surface area contributed by atoms with E-state index in [1.165, 1.54) is 0 Å². The molecule has 3 aromatic rings.